The molecule has 1 aliphatic rings. The second-order valence-corrected chi connectivity index (χ2v) is 7.14. The summed E-state index contributed by atoms with van der Waals surface area (Å²) in [5, 5.41) is 10.9. The zero-order valence-corrected chi connectivity index (χ0v) is 14.3. The van der Waals surface area contributed by atoms with E-state index in [0.717, 1.165) is 29.0 Å². The Balaban J connectivity index is 1.83. The number of rotatable bonds is 3. The summed E-state index contributed by atoms with van der Waals surface area (Å²) >= 11 is 5.99. The minimum Gasteiger partial charge on any atom is -0.507 e. The molecule has 2 aromatic carbocycles. The van der Waals surface area contributed by atoms with Crippen molar-refractivity contribution in [2.45, 2.75) is 38.6 Å². The summed E-state index contributed by atoms with van der Waals surface area (Å²) in [5.74, 6) is 1.70. The summed E-state index contributed by atoms with van der Waals surface area (Å²) in [6, 6.07) is 13.4. The molecule has 0 spiro atoms. The highest BCUT2D eigenvalue weighted by molar-refractivity contribution is 6.30. The Hall–Kier alpha value is -2.00. The number of aromatic nitrogens is 2. The van der Waals surface area contributed by atoms with Gasteiger partial charge in [0.1, 0.15) is 11.6 Å². The van der Waals surface area contributed by atoms with Gasteiger partial charge in [-0.05, 0) is 49.1 Å². The number of imidazole rings is 1. The van der Waals surface area contributed by atoms with Crippen LogP contribution >= 0.6 is 11.6 Å². The van der Waals surface area contributed by atoms with Gasteiger partial charge in [-0.25, -0.2) is 4.98 Å². The third-order valence-corrected chi connectivity index (χ3v) is 5.26. The lowest BCUT2D eigenvalue weighted by molar-refractivity contribution is 0.323. The molecule has 1 saturated carbocycles. The van der Waals surface area contributed by atoms with Gasteiger partial charge in [0, 0.05) is 11.6 Å². The summed E-state index contributed by atoms with van der Waals surface area (Å²) in [6.07, 6.45) is 6.54. The molecule has 24 heavy (non-hydrogen) atoms. The minimum absolute atomic E-state index is 0.183. The van der Waals surface area contributed by atoms with E-state index in [0.29, 0.717) is 10.9 Å². The summed E-state index contributed by atoms with van der Waals surface area (Å²) in [5.41, 5.74) is 2.84. The van der Waals surface area contributed by atoms with Gasteiger partial charge in [-0.15, -0.1) is 0 Å². The number of phenolic OH excluding ortho intramolecular Hbond substituents is 1. The fourth-order valence-electron chi connectivity index (χ4n) is 3.79. The third-order valence-electron chi connectivity index (χ3n) is 5.02. The molecule has 0 saturated heterocycles. The molecule has 0 radical (unpaired) electrons. The van der Waals surface area contributed by atoms with Crippen molar-refractivity contribution >= 4 is 22.6 Å². The van der Waals surface area contributed by atoms with Crippen molar-refractivity contribution < 1.29 is 5.11 Å². The van der Waals surface area contributed by atoms with Crippen molar-refractivity contribution in [1.82, 2.24) is 9.55 Å². The molecular weight excluding hydrogens is 320 g/mol. The number of nitrogens with zero attached hydrogens (tertiary/aromatic N) is 2. The fourth-order valence-corrected chi connectivity index (χ4v) is 3.95. The van der Waals surface area contributed by atoms with E-state index in [2.05, 4.69) is 10.6 Å². The molecule has 124 valence electrons. The number of halogens is 1. The van der Waals surface area contributed by atoms with Crippen LogP contribution in [-0.4, -0.2) is 14.7 Å². The summed E-state index contributed by atoms with van der Waals surface area (Å²) in [4.78, 5) is 4.80. The molecule has 0 aliphatic heterocycles. The minimum atomic E-state index is 0.183. The SMILES string of the molecule is Oc1cc(Cl)ccc1-c1nc2ccccc2n1CC1CCCCC1. The van der Waals surface area contributed by atoms with E-state index in [1.54, 1.807) is 12.1 Å². The van der Waals surface area contributed by atoms with Gasteiger partial charge in [0.15, 0.2) is 0 Å². The zero-order chi connectivity index (χ0) is 16.5. The lowest BCUT2D eigenvalue weighted by Crippen LogP contribution is -2.15. The first-order valence-electron chi connectivity index (χ1n) is 8.66. The predicted molar refractivity (Wildman–Crippen MR) is 98.4 cm³/mol. The van der Waals surface area contributed by atoms with Crippen LogP contribution < -0.4 is 0 Å². The number of fused-ring (bicyclic) bond motifs is 1. The van der Waals surface area contributed by atoms with E-state index >= 15 is 0 Å². The molecule has 0 atom stereocenters. The van der Waals surface area contributed by atoms with E-state index in [4.69, 9.17) is 16.6 Å². The Labute approximate surface area is 146 Å². The van der Waals surface area contributed by atoms with Crippen molar-refractivity contribution in [2.75, 3.05) is 0 Å². The van der Waals surface area contributed by atoms with Crippen molar-refractivity contribution in [1.29, 1.82) is 0 Å². The standard InChI is InChI=1S/C20H21ClN2O/c21-15-10-11-16(19(24)12-15)20-22-17-8-4-5-9-18(17)23(20)13-14-6-2-1-3-7-14/h4-5,8-12,14,24H,1-3,6-7,13H2. The average molecular weight is 341 g/mol. The molecule has 1 aliphatic carbocycles. The number of hydrogen-bond donors (Lipinski definition) is 1. The molecule has 1 N–H and O–H groups in total. The second kappa shape index (κ2) is 6.48. The van der Waals surface area contributed by atoms with E-state index < -0.39 is 0 Å². The highest BCUT2D eigenvalue weighted by Crippen LogP contribution is 2.35. The Bertz CT molecular complexity index is 865. The van der Waals surface area contributed by atoms with Crippen LogP contribution in [0.2, 0.25) is 5.02 Å². The maximum atomic E-state index is 10.4. The number of hydrogen-bond acceptors (Lipinski definition) is 2. The van der Waals surface area contributed by atoms with Crippen LogP contribution in [0.5, 0.6) is 5.75 Å². The number of benzene rings is 2. The van der Waals surface area contributed by atoms with Crippen LogP contribution in [0.1, 0.15) is 32.1 Å². The molecule has 0 amide bonds. The van der Waals surface area contributed by atoms with Crippen molar-refractivity contribution in [2.24, 2.45) is 5.92 Å². The van der Waals surface area contributed by atoms with Crippen LogP contribution in [0.25, 0.3) is 22.4 Å². The van der Waals surface area contributed by atoms with Gasteiger partial charge in [0.25, 0.3) is 0 Å². The van der Waals surface area contributed by atoms with Crippen molar-refractivity contribution in [3.05, 3.63) is 47.5 Å². The summed E-state index contributed by atoms with van der Waals surface area (Å²) in [6.45, 7) is 0.956. The normalized spacial score (nSPS) is 15.9. The lowest BCUT2D eigenvalue weighted by atomic mass is 9.89. The summed E-state index contributed by atoms with van der Waals surface area (Å²) in [7, 11) is 0. The molecule has 1 aromatic heterocycles. The van der Waals surface area contributed by atoms with Gasteiger partial charge >= 0.3 is 0 Å². The topological polar surface area (TPSA) is 38.1 Å². The van der Waals surface area contributed by atoms with Gasteiger partial charge in [0.2, 0.25) is 0 Å². The van der Waals surface area contributed by atoms with Gasteiger partial charge in [-0.3, -0.25) is 0 Å². The molecule has 3 nitrogen and oxygen atoms in total. The molecule has 4 rings (SSSR count). The van der Waals surface area contributed by atoms with Crippen molar-refractivity contribution in [3.63, 3.8) is 0 Å². The van der Waals surface area contributed by atoms with Gasteiger partial charge < -0.3 is 9.67 Å². The van der Waals surface area contributed by atoms with E-state index in [9.17, 15) is 5.11 Å². The first-order valence-corrected chi connectivity index (χ1v) is 9.04. The van der Waals surface area contributed by atoms with E-state index in [1.165, 1.54) is 32.1 Å². The lowest BCUT2D eigenvalue weighted by Gasteiger charge is -2.23. The average Bonchev–Trinajstić information content (AvgIpc) is 2.94. The first kappa shape index (κ1) is 15.5. The Kier molecular flexibility index (Phi) is 4.19. The first-order chi connectivity index (χ1) is 11.7. The monoisotopic (exact) mass is 340 g/mol. The molecule has 1 heterocycles. The van der Waals surface area contributed by atoms with Crippen LogP contribution in [0.4, 0.5) is 0 Å². The Morgan fingerprint density at radius 3 is 2.67 bits per heavy atom. The van der Waals surface area contributed by atoms with Crippen molar-refractivity contribution in [3.8, 4) is 17.1 Å². The van der Waals surface area contributed by atoms with Crippen LogP contribution in [0.3, 0.4) is 0 Å². The van der Waals surface area contributed by atoms with Gasteiger partial charge in [-0.1, -0.05) is 43.0 Å². The number of aromatic hydroxyl groups is 1. The third kappa shape index (κ3) is 2.89. The Morgan fingerprint density at radius 2 is 1.88 bits per heavy atom. The quantitative estimate of drug-likeness (QED) is 0.669. The largest absolute Gasteiger partial charge is 0.507 e. The Morgan fingerprint density at radius 1 is 1.08 bits per heavy atom. The molecule has 3 aromatic rings. The van der Waals surface area contributed by atoms with Crippen LogP contribution in [0, 0.1) is 5.92 Å². The van der Waals surface area contributed by atoms with Gasteiger partial charge in [-0.2, -0.15) is 0 Å². The highest BCUT2D eigenvalue weighted by atomic mass is 35.5. The van der Waals surface area contributed by atoms with E-state index in [1.807, 2.05) is 24.3 Å². The zero-order valence-electron chi connectivity index (χ0n) is 13.6. The smallest absolute Gasteiger partial charge is 0.144 e. The van der Waals surface area contributed by atoms with E-state index in [-0.39, 0.29) is 5.75 Å². The molecular formula is C20H21ClN2O. The molecule has 4 heteroatoms. The maximum Gasteiger partial charge on any atom is 0.144 e. The summed E-state index contributed by atoms with van der Waals surface area (Å²) < 4.78 is 2.27. The maximum absolute atomic E-state index is 10.4. The van der Waals surface area contributed by atoms with Gasteiger partial charge in [0.05, 0.1) is 16.6 Å². The number of para-hydroxylation sites is 2. The highest BCUT2D eigenvalue weighted by Gasteiger charge is 2.20. The van der Waals surface area contributed by atoms with Crippen LogP contribution in [-0.2, 0) is 6.54 Å². The number of phenols is 1. The molecule has 0 unspecified atom stereocenters. The fraction of sp³-hybridized carbons (Fsp3) is 0.350. The molecule has 1 fully saturated rings. The molecule has 0 bridgehead atoms. The van der Waals surface area contributed by atoms with Crippen LogP contribution in [0.15, 0.2) is 42.5 Å². The second-order valence-electron chi connectivity index (χ2n) is 6.70. The predicted octanol–water partition coefficient (Wildman–Crippen LogP) is 5.64.